The van der Waals surface area contributed by atoms with Crippen LogP contribution in [0.25, 0.3) is 16.7 Å². The summed E-state index contributed by atoms with van der Waals surface area (Å²) in [6.45, 7) is 3.27. The molecule has 7 heteroatoms. The lowest BCUT2D eigenvalue weighted by atomic mass is 10.2. The van der Waals surface area contributed by atoms with Crippen molar-refractivity contribution in [2.75, 3.05) is 0 Å². The molecular formula is C13H10FN3O3. The first-order valence-corrected chi connectivity index (χ1v) is 5.86. The van der Waals surface area contributed by atoms with E-state index < -0.39 is 17.1 Å². The van der Waals surface area contributed by atoms with Crippen molar-refractivity contribution in [2.45, 2.75) is 13.8 Å². The molecule has 6 nitrogen and oxygen atoms in total. The Bertz CT molecular complexity index is 905. The molecule has 0 unspecified atom stereocenters. The fourth-order valence-corrected chi connectivity index (χ4v) is 2.08. The molecule has 2 aromatic heterocycles. The molecule has 20 heavy (non-hydrogen) atoms. The van der Waals surface area contributed by atoms with Gasteiger partial charge in [0.15, 0.2) is 11.4 Å². The zero-order chi connectivity index (χ0) is 14.4. The number of fused-ring (bicyclic) bond motifs is 1. The summed E-state index contributed by atoms with van der Waals surface area (Å²) in [6.07, 6.45) is 0. The Kier molecular flexibility index (Phi) is 2.56. The number of hydrogen-bond donors (Lipinski definition) is 1. The van der Waals surface area contributed by atoms with E-state index in [2.05, 4.69) is 10.1 Å². The predicted molar refractivity (Wildman–Crippen MR) is 69.7 cm³/mol. The van der Waals surface area contributed by atoms with Gasteiger partial charge in [0, 0.05) is 23.2 Å². The van der Waals surface area contributed by atoms with E-state index in [-0.39, 0.29) is 11.3 Å². The highest BCUT2D eigenvalue weighted by atomic mass is 19.1. The minimum Gasteiger partial charge on any atom is -0.356 e. The second kappa shape index (κ2) is 4.16. The minimum absolute atomic E-state index is 0.130. The van der Waals surface area contributed by atoms with Crippen LogP contribution < -0.4 is 11.2 Å². The fraction of sp³-hybridized carbons (Fsp3) is 0.154. The smallest absolute Gasteiger partial charge is 0.333 e. The van der Waals surface area contributed by atoms with Crippen molar-refractivity contribution in [3.63, 3.8) is 0 Å². The number of aryl methyl sites for hydroxylation is 2. The Hall–Kier alpha value is -2.70. The third-order valence-corrected chi connectivity index (χ3v) is 3.03. The van der Waals surface area contributed by atoms with E-state index in [1.807, 2.05) is 0 Å². The zero-order valence-electron chi connectivity index (χ0n) is 10.7. The van der Waals surface area contributed by atoms with Crippen molar-refractivity contribution in [1.82, 2.24) is 14.7 Å². The van der Waals surface area contributed by atoms with E-state index >= 15 is 0 Å². The van der Waals surface area contributed by atoms with E-state index in [0.717, 1.165) is 10.6 Å². The third kappa shape index (κ3) is 1.75. The second-order valence-electron chi connectivity index (χ2n) is 4.50. The monoisotopic (exact) mass is 275 g/mol. The van der Waals surface area contributed by atoms with Gasteiger partial charge in [-0.2, -0.15) is 0 Å². The number of hydrogen-bond acceptors (Lipinski definition) is 4. The molecule has 0 aliphatic carbocycles. The van der Waals surface area contributed by atoms with Crippen LogP contribution in [0.2, 0.25) is 0 Å². The summed E-state index contributed by atoms with van der Waals surface area (Å²) in [4.78, 5) is 26.2. The third-order valence-electron chi connectivity index (χ3n) is 3.03. The van der Waals surface area contributed by atoms with Crippen LogP contribution >= 0.6 is 0 Å². The van der Waals surface area contributed by atoms with Crippen molar-refractivity contribution in [3.8, 4) is 5.69 Å². The molecule has 0 fully saturated rings. The van der Waals surface area contributed by atoms with Crippen molar-refractivity contribution < 1.29 is 8.91 Å². The molecule has 0 saturated heterocycles. The average Bonchev–Trinajstić information content (AvgIpc) is 2.69. The van der Waals surface area contributed by atoms with E-state index in [1.165, 1.54) is 12.1 Å². The van der Waals surface area contributed by atoms with Crippen LogP contribution in [0.4, 0.5) is 4.39 Å². The molecule has 0 aliphatic heterocycles. The standard InChI is InChI=1S/C13H10FN3O3/c1-6-3-12(18)17(13(19)15-6)10-4-8-7(2)16-20-11(8)5-9(10)14/h3-5H,1-2H3,(H,15,19). The van der Waals surface area contributed by atoms with Gasteiger partial charge in [-0.3, -0.25) is 4.79 Å². The Morgan fingerprint density at radius 3 is 2.70 bits per heavy atom. The summed E-state index contributed by atoms with van der Waals surface area (Å²) in [5, 5.41) is 4.26. The molecule has 1 N–H and O–H groups in total. The Morgan fingerprint density at radius 2 is 2.00 bits per heavy atom. The zero-order valence-corrected chi connectivity index (χ0v) is 10.7. The molecule has 0 radical (unpaired) electrons. The summed E-state index contributed by atoms with van der Waals surface area (Å²) in [6, 6.07) is 3.71. The Morgan fingerprint density at radius 1 is 1.25 bits per heavy atom. The molecule has 2 heterocycles. The molecular weight excluding hydrogens is 265 g/mol. The van der Waals surface area contributed by atoms with Gasteiger partial charge in [0.1, 0.15) is 0 Å². The van der Waals surface area contributed by atoms with Gasteiger partial charge in [0.25, 0.3) is 5.56 Å². The number of aromatic amines is 1. The molecule has 3 aromatic rings. The Balaban J connectivity index is 2.40. The molecule has 0 amide bonds. The number of benzene rings is 1. The van der Waals surface area contributed by atoms with Gasteiger partial charge in [-0.25, -0.2) is 13.8 Å². The Labute approximate surface area is 111 Å². The molecule has 102 valence electrons. The highest BCUT2D eigenvalue weighted by Gasteiger charge is 2.15. The summed E-state index contributed by atoms with van der Waals surface area (Å²) in [5.74, 6) is -0.731. The van der Waals surface area contributed by atoms with Crippen molar-refractivity contribution in [2.24, 2.45) is 0 Å². The molecule has 0 saturated carbocycles. The minimum atomic E-state index is -0.731. The highest BCUT2D eigenvalue weighted by Crippen LogP contribution is 2.23. The van der Waals surface area contributed by atoms with Crippen LogP contribution in [0.5, 0.6) is 0 Å². The van der Waals surface area contributed by atoms with E-state index in [9.17, 15) is 14.0 Å². The lowest BCUT2D eigenvalue weighted by Crippen LogP contribution is -2.34. The number of nitrogens with one attached hydrogen (secondary N) is 1. The van der Waals surface area contributed by atoms with Crippen LogP contribution in [0.1, 0.15) is 11.4 Å². The van der Waals surface area contributed by atoms with Crippen LogP contribution in [-0.2, 0) is 0 Å². The fourth-order valence-electron chi connectivity index (χ4n) is 2.08. The molecule has 0 bridgehead atoms. The van der Waals surface area contributed by atoms with Gasteiger partial charge in [-0.15, -0.1) is 0 Å². The van der Waals surface area contributed by atoms with Crippen LogP contribution in [0, 0.1) is 19.7 Å². The average molecular weight is 275 g/mol. The van der Waals surface area contributed by atoms with Gasteiger partial charge in [-0.1, -0.05) is 5.16 Å². The molecule has 0 atom stereocenters. The topological polar surface area (TPSA) is 80.9 Å². The quantitative estimate of drug-likeness (QED) is 0.728. The lowest BCUT2D eigenvalue weighted by Gasteiger charge is -2.06. The molecule has 0 aliphatic rings. The van der Waals surface area contributed by atoms with Crippen LogP contribution in [0.3, 0.4) is 0 Å². The summed E-state index contributed by atoms with van der Waals surface area (Å²) >= 11 is 0. The summed E-state index contributed by atoms with van der Waals surface area (Å²) < 4.78 is 19.8. The highest BCUT2D eigenvalue weighted by molar-refractivity contribution is 5.81. The predicted octanol–water partition coefficient (Wildman–Crippen LogP) is 1.42. The number of H-pyrrole nitrogens is 1. The number of nitrogens with zero attached hydrogens (tertiary/aromatic N) is 2. The first kappa shape index (κ1) is 12.3. The maximum absolute atomic E-state index is 14.1. The van der Waals surface area contributed by atoms with Gasteiger partial charge in [0.2, 0.25) is 0 Å². The van der Waals surface area contributed by atoms with Gasteiger partial charge >= 0.3 is 5.69 Å². The summed E-state index contributed by atoms with van der Waals surface area (Å²) in [7, 11) is 0. The van der Waals surface area contributed by atoms with Gasteiger partial charge < -0.3 is 9.51 Å². The number of aromatic nitrogens is 3. The first-order chi connectivity index (χ1) is 9.47. The van der Waals surface area contributed by atoms with E-state index in [4.69, 9.17) is 4.52 Å². The van der Waals surface area contributed by atoms with Crippen molar-refractivity contribution in [1.29, 1.82) is 0 Å². The van der Waals surface area contributed by atoms with Crippen molar-refractivity contribution in [3.05, 3.63) is 56.2 Å². The maximum Gasteiger partial charge on any atom is 0.333 e. The number of rotatable bonds is 1. The second-order valence-corrected chi connectivity index (χ2v) is 4.50. The van der Waals surface area contributed by atoms with Gasteiger partial charge in [-0.05, 0) is 19.9 Å². The number of halogens is 1. The van der Waals surface area contributed by atoms with Gasteiger partial charge in [0.05, 0.1) is 11.4 Å². The van der Waals surface area contributed by atoms with Crippen LogP contribution in [0.15, 0.2) is 32.3 Å². The molecule has 3 rings (SSSR count). The largest absolute Gasteiger partial charge is 0.356 e. The van der Waals surface area contributed by atoms with E-state index in [0.29, 0.717) is 16.8 Å². The van der Waals surface area contributed by atoms with Crippen LogP contribution in [-0.4, -0.2) is 14.7 Å². The normalized spacial score (nSPS) is 11.2. The van der Waals surface area contributed by atoms with E-state index in [1.54, 1.807) is 13.8 Å². The van der Waals surface area contributed by atoms with Crippen molar-refractivity contribution >= 4 is 11.0 Å². The first-order valence-electron chi connectivity index (χ1n) is 5.86. The lowest BCUT2D eigenvalue weighted by molar-refractivity contribution is 0.448. The maximum atomic E-state index is 14.1. The molecule has 0 spiro atoms. The SMILES string of the molecule is Cc1cc(=O)n(-c2cc3c(C)noc3cc2F)c(=O)[nH]1. The molecule has 1 aromatic carbocycles. The summed E-state index contributed by atoms with van der Waals surface area (Å²) in [5.41, 5.74) is -0.187.